The van der Waals surface area contributed by atoms with Gasteiger partial charge in [-0.15, -0.1) is 0 Å². The first-order chi connectivity index (χ1) is 18.5. The summed E-state index contributed by atoms with van der Waals surface area (Å²) in [5.41, 5.74) is 0.777. The van der Waals surface area contributed by atoms with E-state index < -0.39 is 0 Å². The second kappa shape index (κ2) is 11.8. The van der Waals surface area contributed by atoms with E-state index in [1.54, 1.807) is 38.2 Å². The summed E-state index contributed by atoms with van der Waals surface area (Å²) in [5.74, 6) is 3.70. The summed E-state index contributed by atoms with van der Waals surface area (Å²) in [4.78, 5) is 29.2. The smallest absolute Gasteiger partial charge is 0.219 e. The lowest BCUT2D eigenvalue weighted by Gasteiger charge is -2.29. The maximum Gasteiger partial charge on any atom is 0.219 e. The molecule has 0 radical (unpaired) electrons. The van der Waals surface area contributed by atoms with Gasteiger partial charge >= 0.3 is 0 Å². The highest BCUT2D eigenvalue weighted by Gasteiger charge is 2.25. The van der Waals surface area contributed by atoms with Gasteiger partial charge in [-0.3, -0.25) is 9.78 Å². The van der Waals surface area contributed by atoms with Crippen LogP contribution >= 0.6 is 23.3 Å². The van der Waals surface area contributed by atoms with Crippen LogP contribution in [0.25, 0.3) is 0 Å². The number of aryl methyl sites for hydroxylation is 1. The van der Waals surface area contributed by atoms with Crippen molar-refractivity contribution in [2.24, 2.45) is 0 Å². The number of likely N-dealkylation sites (tertiary alicyclic amines) is 1. The number of aromatic nitrogens is 4. The first kappa shape index (κ1) is 25.9. The molecule has 3 aromatic heterocycles. The standard InChI is InChI=1S/C27H28N6O3S2/c1-17-23(8-5-11-28-17)36-24-15-22(37-21-7-4-6-20(14-21)35-3)16-29-26(24)31-27-30-25(32-38-27)19-9-12-33(13-10-19)18(2)34/h4-8,11,14-16,19H,9-10,12-13H2,1-3H3,(H,29,30,31,32). The van der Waals surface area contributed by atoms with Gasteiger partial charge in [-0.05, 0) is 50.1 Å². The Bertz CT molecular complexity index is 1420. The number of carbonyl (C=O) groups excluding carboxylic acids is 1. The quantitative estimate of drug-likeness (QED) is 0.281. The molecule has 4 aromatic rings. The van der Waals surface area contributed by atoms with Gasteiger partial charge in [0.2, 0.25) is 11.0 Å². The summed E-state index contributed by atoms with van der Waals surface area (Å²) in [5, 5.41) is 3.94. The fourth-order valence-corrected chi connectivity index (χ4v) is 5.67. The third kappa shape index (κ3) is 6.22. The Morgan fingerprint density at radius 2 is 1.95 bits per heavy atom. The number of hydrogen-bond donors (Lipinski definition) is 1. The Morgan fingerprint density at radius 1 is 1.11 bits per heavy atom. The molecular weight excluding hydrogens is 520 g/mol. The predicted octanol–water partition coefficient (Wildman–Crippen LogP) is 6.06. The van der Waals surface area contributed by atoms with Crippen LogP contribution in [0.15, 0.2) is 64.6 Å². The fourth-order valence-electron chi connectivity index (χ4n) is 4.16. The number of amides is 1. The van der Waals surface area contributed by atoms with Crippen LogP contribution in [0.2, 0.25) is 0 Å². The largest absolute Gasteiger partial charge is 0.497 e. The van der Waals surface area contributed by atoms with E-state index in [1.807, 2.05) is 54.3 Å². The van der Waals surface area contributed by atoms with Gasteiger partial charge in [-0.1, -0.05) is 17.8 Å². The molecule has 1 saturated heterocycles. The minimum absolute atomic E-state index is 0.118. The highest BCUT2D eigenvalue weighted by Crippen LogP contribution is 2.38. The third-order valence-corrected chi connectivity index (χ3v) is 7.85. The van der Waals surface area contributed by atoms with Gasteiger partial charge < -0.3 is 19.7 Å². The number of pyridine rings is 2. The normalized spacial score (nSPS) is 13.8. The SMILES string of the molecule is COc1cccc(Sc2cnc(Nc3nc(C4CCN(C(C)=O)CC4)ns3)c(Oc3cccnc3C)c2)c1. The predicted molar refractivity (Wildman–Crippen MR) is 148 cm³/mol. The van der Waals surface area contributed by atoms with Crippen LogP contribution in [0.1, 0.15) is 37.2 Å². The maximum absolute atomic E-state index is 11.6. The Kier molecular flexibility index (Phi) is 8.04. The summed E-state index contributed by atoms with van der Waals surface area (Å²) >= 11 is 2.86. The number of ether oxygens (including phenoxy) is 2. The number of benzene rings is 1. The second-order valence-electron chi connectivity index (χ2n) is 8.85. The molecule has 0 atom stereocenters. The van der Waals surface area contributed by atoms with Crippen molar-refractivity contribution in [2.75, 3.05) is 25.5 Å². The van der Waals surface area contributed by atoms with E-state index in [1.165, 1.54) is 11.5 Å². The molecule has 0 saturated carbocycles. The lowest BCUT2D eigenvalue weighted by Crippen LogP contribution is -2.36. The molecule has 38 heavy (non-hydrogen) atoms. The minimum atomic E-state index is 0.118. The molecule has 0 spiro atoms. The number of rotatable bonds is 8. The molecule has 0 unspecified atom stereocenters. The number of nitrogens with one attached hydrogen (secondary N) is 1. The van der Waals surface area contributed by atoms with Gasteiger partial charge in [0.25, 0.3) is 0 Å². The topological polar surface area (TPSA) is 102 Å². The van der Waals surface area contributed by atoms with Crippen molar-refractivity contribution in [3.63, 3.8) is 0 Å². The van der Waals surface area contributed by atoms with Crippen LogP contribution in [0.3, 0.4) is 0 Å². The number of hydrogen-bond acceptors (Lipinski definition) is 10. The molecule has 1 N–H and O–H groups in total. The molecular formula is C27H28N6O3S2. The van der Waals surface area contributed by atoms with Crippen molar-refractivity contribution in [1.29, 1.82) is 0 Å². The van der Waals surface area contributed by atoms with E-state index in [4.69, 9.17) is 14.5 Å². The zero-order chi connectivity index (χ0) is 26.5. The van der Waals surface area contributed by atoms with E-state index in [0.717, 1.165) is 53.0 Å². The average molecular weight is 549 g/mol. The Hall–Kier alpha value is -3.70. The molecule has 196 valence electrons. The third-order valence-electron chi connectivity index (χ3n) is 6.26. The summed E-state index contributed by atoms with van der Waals surface area (Å²) < 4.78 is 16.2. The van der Waals surface area contributed by atoms with Crippen LogP contribution in [0, 0.1) is 6.92 Å². The Morgan fingerprint density at radius 3 is 2.71 bits per heavy atom. The van der Waals surface area contributed by atoms with Crippen LogP contribution in [-0.4, -0.2) is 50.3 Å². The highest BCUT2D eigenvalue weighted by atomic mass is 32.2. The van der Waals surface area contributed by atoms with Crippen LogP contribution in [0.5, 0.6) is 17.2 Å². The Labute approximate surface area is 229 Å². The number of anilines is 2. The van der Waals surface area contributed by atoms with Crippen molar-refractivity contribution < 1.29 is 14.3 Å². The van der Waals surface area contributed by atoms with Crippen molar-refractivity contribution in [3.8, 4) is 17.2 Å². The van der Waals surface area contributed by atoms with Crippen molar-refractivity contribution in [3.05, 3.63) is 66.4 Å². The van der Waals surface area contributed by atoms with Gasteiger partial charge in [-0.2, -0.15) is 4.37 Å². The lowest BCUT2D eigenvalue weighted by atomic mass is 9.96. The molecule has 11 heteroatoms. The van der Waals surface area contributed by atoms with E-state index in [2.05, 4.69) is 19.7 Å². The lowest BCUT2D eigenvalue weighted by molar-refractivity contribution is -0.129. The monoisotopic (exact) mass is 548 g/mol. The van der Waals surface area contributed by atoms with E-state index in [9.17, 15) is 4.79 Å². The number of piperidine rings is 1. The van der Waals surface area contributed by atoms with Crippen molar-refractivity contribution in [1.82, 2.24) is 24.2 Å². The average Bonchev–Trinajstić information content (AvgIpc) is 3.40. The van der Waals surface area contributed by atoms with Gasteiger partial charge in [-0.25, -0.2) is 9.97 Å². The Balaban J connectivity index is 1.37. The van der Waals surface area contributed by atoms with E-state index in [0.29, 0.717) is 22.4 Å². The van der Waals surface area contributed by atoms with Crippen LogP contribution in [0.4, 0.5) is 10.9 Å². The summed E-state index contributed by atoms with van der Waals surface area (Å²) in [7, 11) is 1.65. The van der Waals surface area contributed by atoms with E-state index >= 15 is 0 Å². The van der Waals surface area contributed by atoms with Gasteiger partial charge in [0.1, 0.15) is 17.3 Å². The molecule has 1 aliphatic rings. The summed E-state index contributed by atoms with van der Waals surface area (Å²) in [6.07, 6.45) is 5.25. The molecule has 4 heterocycles. The van der Waals surface area contributed by atoms with Gasteiger partial charge in [0.05, 0.1) is 12.8 Å². The van der Waals surface area contributed by atoms with E-state index in [-0.39, 0.29) is 11.8 Å². The molecule has 1 aromatic carbocycles. The fraction of sp³-hybridized carbons (Fsp3) is 0.296. The molecule has 1 aliphatic heterocycles. The molecule has 1 amide bonds. The second-order valence-corrected chi connectivity index (χ2v) is 10.7. The highest BCUT2D eigenvalue weighted by molar-refractivity contribution is 7.99. The van der Waals surface area contributed by atoms with Crippen LogP contribution < -0.4 is 14.8 Å². The molecule has 9 nitrogen and oxygen atoms in total. The maximum atomic E-state index is 11.6. The zero-order valence-electron chi connectivity index (χ0n) is 21.4. The zero-order valence-corrected chi connectivity index (χ0v) is 23.0. The van der Waals surface area contributed by atoms with Crippen molar-refractivity contribution in [2.45, 2.75) is 42.4 Å². The number of nitrogens with zero attached hydrogens (tertiary/aromatic N) is 5. The molecule has 1 fully saturated rings. The molecule has 0 aliphatic carbocycles. The molecule has 0 bridgehead atoms. The van der Waals surface area contributed by atoms with Gasteiger partial charge in [0.15, 0.2) is 11.6 Å². The summed E-state index contributed by atoms with van der Waals surface area (Å²) in [6.45, 7) is 4.99. The number of methoxy groups -OCH3 is 1. The van der Waals surface area contributed by atoms with Crippen LogP contribution in [-0.2, 0) is 4.79 Å². The number of carbonyl (C=O) groups is 1. The molecule has 5 rings (SSSR count). The van der Waals surface area contributed by atoms with Crippen molar-refractivity contribution >= 4 is 40.2 Å². The minimum Gasteiger partial charge on any atom is -0.497 e. The summed E-state index contributed by atoms with van der Waals surface area (Å²) in [6, 6.07) is 13.5. The van der Waals surface area contributed by atoms with Gasteiger partial charge in [0, 0.05) is 65.7 Å². The first-order valence-corrected chi connectivity index (χ1v) is 13.8. The first-order valence-electron chi connectivity index (χ1n) is 12.3.